The zero-order valence-electron chi connectivity index (χ0n) is 10.3. The van der Waals surface area contributed by atoms with Crippen LogP contribution >= 0.6 is 0 Å². The van der Waals surface area contributed by atoms with Crippen molar-refractivity contribution in [3.05, 3.63) is 0 Å². The number of aliphatic hydroxyl groups excluding tert-OH is 1. The molecule has 1 fully saturated rings. The van der Waals surface area contributed by atoms with Crippen LogP contribution in [0.15, 0.2) is 0 Å². The first-order valence-electron chi connectivity index (χ1n) is 5.97. The van der Waals surface area contributed by atoms with Crippen molar-refractivity contribution in [3.63, 3.8) is 0 Å². The molecule has 0 spiro atoms. The lowest BCUT2D eigenvalue weighted by Crippen LogP contribution is -2.42. The van der Waals surface area contributed by atoms with Crippen molar-refractivity contribution < 1.29 is 14.7 Å². The largest absolute Gasteiger partial charge is 0.392 e. The lowest BCUT2D eigenvalue weighted by Gasteiger charge is -2.11. The summed E-state index contributed by atoms with van der Waals surface area (Å²) in [5.74, 6) is -0.224. The lowest BCUT2D eigenvalue weighted by molar-refractivity contribution is -0.123. The van der Waals surface area contributed by atoms with Crippen LogP contribution in [0.25, 0.3) is 0 Å². The predicted molar refractivity (Wildman–Crippen MR) is 63.3 cm³/mol. The number of rotatable bonds is 5. The smallest absolute Gasteiger partial charge is 0.237 e. The molecule has 0 saturated carbocycles. The van der Waals surface area contributed by atoms with Crippen molar-refractivity contribution in [2.24, 2.45) is 0 Å². The van der Waals surface area contributed by atoms with Gasteiger partial charge in [0.25, 0.3) is 0 Å². The monoisotopic (exact) mass is 243 g/mol. The van der Waals surface area contributed by atoms with Crippen molar-refractivity contribution in [1.82, 2.24) is 16.0 Å². The molecule has 98 valence electrons. The maximum absolute atomic E-state index is 11.6. The third kappa shape index (κ3) is 5.14. The number of nitrogens with one attached hydrogen (secondary N) is 3. The van der Waals surface area contributed by atoms with E-state index >= 15 is 0 Å². The normalized spacial score (nSPS) is 23.8. The van der Waals surface area contributed by atoms with Gasteiger partial charge in [-0.25, -0.2) is 0 Å². The number of hydrogen-bond donors (Lipinski definition) is 4. The van der Waals surface area contributed by atoms with Crippen LogP contribution in [0.1, 0.15) is 26.7 Å². The van der Waals surface area contributed by atoms with Gasteiger partial charge in [0.1, 0.15) is 0 Å². The van der Waals surface area contributed by atoms with Crippen LogP contribution in [0.2, 0.25) is 0 Å². The average Bonchev–Trinajstić information content (AvgIpc) is 2.63. The van der Waals surface area contributed by atoms with Crippen molar-refractivity contribution in [3.8, 4) is 0 Å². The fourth-order valence-corrected chi connectivity index (χ4v) is 1.73. The molecule has 17 heavy (non-hydrogen) atoms. The maximum Gasteiger partial charge on any atom is 0.237 e. The Labute approximate surface area is 101 Å². The minimum Gasteiger partial charge on any atom is -0.392 e. The molecule has 4 N–H and O–H groups in total. The van der Waals surface area contributed by atoms with Gasteiger partial charge in [0.05, 0.1) is 12.1 Å². The molecule has 6 heteroatoms. The number of hydrogen-bond acceptors (Lipinski definition) is 4. The highest BCUT2D eigenvalue weighted by Gasteiger charge is 2.27. The van der Waals surface area contributed by atoms with E-state index in [-0.39, 0.29) is 30.3 Å². The zero-order valence-corrected chi connectivity index (χ0v) is 10.3. The van der Waals surface area contributed by atoms with Gasteiger partial charge < -0.3 is 21.1 Å². The quantitative estimate of drug-likeness (QED) is 0.485. The Morgan fingerprint density at radius 2 is 2.18 bits per heavy atom. The van der Waals surface area contributed by atoms with Crippen LogP contribution in [0.3, 0.4) is 0 Å². The summed E-state index contributed by atoms with van der Waals surface area (Å²) in [6, 6.07) is -0.219. The van der Waals surface area contributed by atoms with Crippen LogP contribution in [0.5, 0.6) is 0 Å². The highest BCUT2D eigenvalue weighted by atomic mass is 16.3. The summed E-state index contributed by atoms with van der Waals surface area (Å²) in [4.78, 5) is 22.9. The minimum atomic E-state index is -0.449. The van der Waals surface area contributed by atoms with Gasteiger partial charge in [-0.05, 0) is 20.3 Å². The Morgan fingerprint density at radius 3 is 2.71 bits per heavy atom. The Morgan fingerprint density at radius 1 is 1.47 bits per heavy atom. The first-order chi connectivity index (χ1) is 7.99. The van der Waals surface area contributed by atoms with E-state index in [1.165, 1.54) is 0 Å². The Hall–Kier alpha value is -1.14. The van der Waals surface area contributed by atoms with Crippen LogP contribution in [0, 0.1) is 0 Å². The van der Waals surface area contributed by atoms with Crippen molar-refractivity contribution >= 4 is 11.8 Å². The van der Waals surface area contributed by atoms with Gasteiger partial charge in [-0.1, -0.05) is 0 Å². The van der Waals surface area contributed by atoms with Crippen LogP contribution in [-0.4, -0.2) is 48.2 Å². The fraction of sp³-hybridized carbons (Fsp3) is 0.818. The molecule has 1 aliphatic heterocycles. The second kappa shape index (κ2) is 6.56. The second-order valence-electron chi connectivity index (χ2n) is 4.61. The molecule has 0 aromatic carbocycles. The van der Waals surface area contributed by atoms with E-state index < -0.39 is 6.10 Å². The number of β-amino-alcohol motifs (C(OH)–C–C–N with tert-alkyl or cyclic N) is 1. The first kappa shape index (κ1) is 13.9. The van der Waals surface area contributed by atoms with E-state index in [2.05, 4.69) is 16.0 Å². The summed E-state index contributed by atoms with van der Waals surface area (Å²) < 4.78 is 0. The second-order valence-corrected chi connectivity index (χ2v) is 4.61. The molecule has 2 unspecified atom stereocenters. The van der Waals surface area contributed by atoms with E-state index in [0.717, 1.165) is 0 Å². The van der Waals surface area contributed by atoms with Gasteiger partial charge in [0, 0.05) is 25.6 Å². The van der Waals surface area contributed by atoms with Crippen LogP contribution < -0.4 is 16.0 Å². The third-order valence-electron chi connectivity index (χ3n) is 2.53. The molecule has 0 aliphatic carbocycles. The summed E-state index contributed by atoms with van der Waals surface area (Å²) in [6.07, 6.45) is 0.262. The van der Waals surface area contributed by atoms with E-state index in [9.17, 15) is 14.7 Å². The van der Waals surface area contributed by atoms with Gasteiger partial charge in [0.15, 0.2) is 0 Å². The summed E-state index contributed by atoms with van der Waals surface area (Å²) in [6.45, 7) is 4.55. The summed E-state index contributed by atoms with van der Waals surface area (Å²) >= 11 is 0. The Bertz CT molecular complexity index is 281. The van der Waals surface area contributed by atoms with Gasteiger partial charge in [-0.15, -0.1) is 0 Å². The lowest BCUT2D eigenvalue weighted by atomic mass is 10.2. The molecular formula is C11H21N3O3. The third-order valence-corrected chi connectivity index (χ3v) is 2.53. The SMILES string of the molecule is CC(C)NC(=O)CCNC(=O)C1CC(O)CN1. The molecule has 1 saturated heterocycles. The summed E-state index contributed by atoms with van der Waals surface area (Å²) in [5, 5.41) is 17.6. The summed E-state index contributed by atoms with van der Waals surface area (Å²) in [7, 11) is 0. The zero-order chi connectivity index (χ0) is 12.8. The average molecular weight is 243 g/mol. The molecule has 0 bridgehead atoms. The van der Waals surface area contributed by atoms with Crippen molar-refractivity contribution in [2.45, 2.75) is 44.9 Å². The summed E-state index contributed by atoms with van der Waals surface area (Å²) in [5.41, 5.74) is 0. The highest BCUT2D eigenvalue weighted by molar-refractivity contribution is 5.83. The molecule has 0 radical (unpaired) electrons. The molecule has 6 nitrogen and oxygen atoms in total. The van der Waals surface area contributed by atoms with Crippen LogP contribution in [0.4, 0.5) is 0 Å². The number of carbonyl (C=O) groups excluding carboxylic acids is 2. The van der Waals surface area contributed by atoms with E-state index in [1.54, 1.807) is 0 Å². The molecule has 1 aliphatic rings. The minimum absolute atomic E-state index is 0.0697. The number of aliphatic hydroxyl groups is 1. The molecule has 2 amide bonds. The number of carbonyl (C=O) groups is 2. The molecule has 1 rings (SSSR count). The number of amides is 2. The topological polar surface area (TPSA) is 90.5 Å². The maximum atomic E-state index is 11.6. The van der Waals surface area contributed by atoms with Gasteiger partial charge in [-0.2, -0.15) is 0 Å². The van der Waals surface area contributed by atoms with Gasteiger partial charge in [-0.3, -0.25) is 9.59 Å². The van der Waals surface area contributed by atoms with Crippen molar-refractivity contribution in [2.75, 3.05) is 13.1 Å². The van der Waals surface area contributed by atoms with E-state index in [4.69, 9.17) is 0 Å². The standard InChI is InChI=1S/C11H21N3O3/c1-7(2)14-10(16)3-4-12-11(17)9-5-8(15)6-13-9/h7-9,13,15H,3-6H2,1-2H3,(H,12,17)(H,14,16). The van der Waals surface area contributed by atoms with Crippen LogP contribution in [-0.2, 0) is 9.59 Å². The van der Waals surface area contributed by atoms with E-state index in [1.807, 2.05) is 13.8 Å². The molecular weight excluding hydrogens is 222 g/mol. The first-order valence-corrected chi connectivity index (χ1v) is 5.97. The van der Waals surface area contributed by atoms with Gasteiger partial charge in [0.2, 0.25) is 11.8 Å². The predicted octanol–water partition coefficient (Wildman–Crippen LogP) is -1.26. The van der Waals surface area contributed by atoms with Crippen molar-refractivity contribution in [1.29, 1.82) is 0 Å². The highest BCUT2D eigenvalue weighted by Crippen LogP contribution is 2.05. The molecule has 1 heterocycles. The van der Waals surface area contributed by atoms with Gasteiger partial charge >= 0.3 is 0 Å². The molecule has 0 aromatic rings. The molecule has 2 atom stereocenters. The van der Waals surface area contributed by atoms with E-state index in [0.29, 0.717) is 19.5 Å². The Kier molecular flexibility index (Phi) is 5.37. The Balaban J connectivity index is 2.14. The fourth-order valence-electron chi connectivity index (χ4n) is 1.73. The molecule has 0 aromatic heterocycles.